The molecule has 2 fully saturated rings. The van der Waals surface area contributed by atoms with Crippen LogP contribution in [0.2, 0.25) is 0 Å². The Kier molecular flexibility index (Phi) is 8.24. The van der Waals surface area contributed by atoms with Crippen LogP contribution in [0.25, 0.3) is 0 Å². The van der Waals surface area contributed by atoms with Gasteiger partial charge in [0.15, 0.2) is 0 Å². The highest BCUT2D eigenvalue weighted by atomic mass is 31.1. The summed E-state index contributed by atoms with van der Waals surface area (Å²) in [6.45, 7) is 22.3. The van der Waals surface area contributed by atoms with Crippen LogP contribution in [0.4, 0.5) is 0 Å². The molecule has 5 nitrogen and oxygen atoms in total. The highest BCUT2D eigenvalue weighted by molar-refractivity contribution is 7.33. The summed E-state index contributed by atoms with van der Waals surface area (Å²) in [5.41, 5.74) is -0.0929. The van der Waals surface area contributed by atoms with Gasteiger partial charge < -0.3 is 10.6 Å². The number of hydrogen-bond acceptors (Lipinski definition) is 5. The maximum absolute atomic E-state index is 13.1. The van der Waals surface area contributed by atoms with E-state index in [2.05, 4.69) is 79.9 Å². The predicted molar refractivity (Wildman–Crippen MR) is 126 cm³/mol. The molecule has 0 amide bonds. The SMILES string of the molecule is CCC1(C)CC(O[P+](=O)OC2CC(C)(CC)NC(C)(CC)C2C)C(C)C(C)(CC)N1. The molecule has 0 spiro atoms. The lowest BCUT2D eigenvalue weighted by atomic mass is 9.70. The molecule has 2 N–H and O–H groups in total. The highest BCUT2D eigenvalue weighted by Crippen LogP contribution is 2.46. The van der Waals surface area contributed by atoms with Gasteiger partial charge in [-0.05, 0) is 66.2 Å². The molecule has 2 aliphatic rings. The van der Waals surface area contributed by atoms with Gasteiger partial charge in [-0.1, -0.05) is 41.5 Å². The van der Waals surface area contributed by atoms with Gasteiger partial charge in [0.05, 0.1) is 0 Å². The molecule has 2 rings (SSSR count). The topological polar surface area (TPSA) is 59.6 Å². The quantitative estimate of drug-likeness (QED) is 0.428. The van der Waals surface area contributed by atoms with E-state index < -0.39 is 8.25 Å². The second-order valence-corrected chi connectivity index (χ2v) is 12.0. The van der Waals surface area contributed by atoms with E-state index in [9.17, 15) is 4.57 Å². The van der Waals surface area contributed by atoms with Crippen molar-refractivity contribution in [3.63, 3.8) is 0 Å². The maximum Gasteiger partial charge on any atom is 0.697 e. The molecule has 0 aromatic rings. The van der Waals surface area contributed by atoms with E-state index in [1.54, 1.807) is 0 Å². The predicted octanol–water partition coefficient (Wildman–Crippen LogP) is 6.35. The molecule has 0 aromatic carbocycles. The molecule has 176 valence electrons. The largest absolute Gasteiger partial charge is 0.697 e. The Morgan fingerprint density at radius 3 is 1.33 bits per heavy atom. The molecule has 2 heterocycles. The van der Waals surface area contributed by atoms with Crippen LogP contribution in [0.3, 0.4) is 0 Å². The summed E-state index contributed by atoms with van der Waals surface area (Å²) >= 11 is 0. The third kappa shape index (κ3) is 5.29. The van der Waals surface area contributed by atoms with Gasteiger partial charge in [0, 0.05) is 38.6 Å². The molecule has 0 saturated carbocycles. The van der Waals surface area contributed by atoms with Crippen molar-refractivity contribution in [1.82, 2.24) is 10.6 Å². The molecule has 6 heteroatoms. The standard InChI is InChI=1S/C24H48N2O3P/c1-11-21(7)15-19(17(5)23(9,13-3)25-21)28-30(27)29-20-16-22(8,12-2)26-24(10,14-4)18(20)6/h17-20,25-26H,11-16H2,1-10H3/q+1. The summed E-state index contributed by atoms with van der Waals surface area (Å²) < 4.78 is 25.5. The van der Waals surface area contributed by atoms with E-state index in [4.69, 9.17) is 9.05 Å². The van der Waals surface area contributed by atoms with E-state index in [0.29, 0.717) is 0 Å². The zero-order valence-electron chi connectivity index (χ0n) is 21.2. The van der Waals surface area contributed by atoms with Crippen LogP contribution in [0.5, 0.6) is 0 Å². The Morgan fingerprint density at radius 1 is 0.733 bits per heavy atom. The molecular weight excluding hydrogens is 395 g/mol. The molecule has 0 bridgehead atoms. The molecule has 0 aliphatic carbocycles. The normalized spacial score (nSPS) is 47.9. The second kappa shape index (κ2) is 9.43. The van der Waals surface area contributed by atoms with Crippen molar-refractivity contribution in [2.24, 2.45) is 11.8 Å². The van der Waals surface area contributed by atoms with Gasteiger partial charge in [0.2, 0.25) is 0 Å². The first-order valence-electron chi connectivity index (χ1n) is 12.2. The van der Waals surface area contributed by atoms with Gasteiger partial charge in [-0.3, -0.25) is 0 Å². The van der Waals surface area contributed by atoms with E-state index in [1.165, 1.54) is 0 Å². The smallest absolute Gasteiger partial charge is 0.306 e. The van der Waals surface area contributed by atoms with Crippen molar-refractivity contribution in [3.05, 3.63) is 0 Å². The van der Waals surface area contributed by atoms with Crippen LogP contribution in [0, 0.1) is 11.8 Å². The molecule has 8 atom stereocenters. The molecule has 2 aliphatic heterocycles. The minimum absolute atomic E-state index is 0.0122. The van der Waals surface area contributed by atoms with Gasteiger partial charge in [0.1, 0.15) is 12.2 Å². The van der Waals surface area contributed by atoms with Gasteiger partial charge in [-0.25, -0.2) is 0 Å². The molecule has 0 aromatic heterocycles. The van der Waals surface area contributed by atoms with Gasteiger partial charge in [0.25, 0.3) is 0 Å². The van der Waals surface area contributed by atoms with Crippen LogP contribution in [-0.4, -0.2) is 34.4 Å². The van der Waals surface area contributed by atoms with Crippen LogP contribution in [0.15, 0.2) is 0 Å². The molecule has 2 saturated heterocycles. The fourth-order valence-electron chi connectivity index (χ4n) is 5.56. The Morgan fingerprint density at radius 2 is 1.07 bits per heavy atom. The van der Waals surface area contributed by atoms with E-state index >= 15 is 0 Å². The average Bonchev–Trinajstić information content (AvgIpc) is 2.69. The summed E-state index contributed by atoms with van der Waals surface area (Å²) in [7, 11) is -2.17. The van der Waals surface area contributed by atoms with Crippen LogP contribution in [0.1, 0.15) is 108 Å². The minimum atomic E-state index is -2.17. The fourth-order valence-corrected chi connectivity index (χ4v) is 6.57. The molecular formula is C24H48N2O3P+. The van der Waals surface area contributed by atoms with Crippen LogP contribution in [-0.2, 0) is 13.6 Å². The van der Waals surface area contributed by atoms with Crippen molar-refractivity contribution in [2.75, 3.05) is 0 Å². The Hall–Kier alpha value is -0.0600. The zero-order chi connectivity index (χ0) is 23.0. The first-order valence-corrected chi connectivity index (χ1v) is 13.3. The number of nitrogens with one attached hydrogen (secondary N) is 2. The lowest BCUT2D eigenvalue weighted by Gasteiger charge is -2.52. The summed E-state index contributed by atoms with van der Waals surface area (Å²) in [5.74, 6) is 0.522. The lowest BCUT2D eigenvalue weighted by Crippen LogP contribution is -2.66. The summed E-state index contributed by atoms with van der Waals surface area (Å²) in [6.07, 6.45) is 5.61. The Bertz CT molecular complexity index is 569. The summed E-state index contributed by atoms with van der Waals surface area (Å²) in [6, 6.07) is 0. The Labute approximate surface area is 186 Å². The zero-order valence-corrected chi connectivity index (χ0v) is 22.1. The van der Waals surface area contributed by atoms with Crippen molar-refractivity contribution in [1.29, 1.82) is 0 Å². The third-order valence-electron chi connectivity index (χ3n) is 9.08. The van der Waals surface area contributed by atoms with Crippen molar-refractivity contribution >= 4 is 8.25 Å². The van der Waals surface area contributed by atoms with Gasteiger partial charge in [-0.15, -0.1) is 9.05 Å². The van der Waals surface area contributed by atoms with Crippen molar-refractivity contribution < 1.29 is 13.6 Å². The number of hydrogen-bond donors (Lipinski definition) is 2. The molecule has 8 unspecified atom stereocenters. The minimum Gasteiger partial charge on any atom is -0.306 e. The summed E-state index contributed by atoms with van der Waals surface area (Å²) in [5, 5.41) is 7.72. The lowest BCUT2D eigenvalue weighted by molar-refractivity contribution is -0.0411. The first kappa shape index (κ1) is 26.2. The van der Waals surface area contributed by atoms with Gasteiger partial charge >= 0.3 is 8.25 Å². The maximum atomic E-state index is 13.1. The molecule has 30 heavy (non-hydrogen) atoms. The highest BCUT2D eigenvalue weighted by Gasteiger charge is 2.53. The monoisotopic (exact) mass is 443 g/mol. The third-order valence-corrected chi connectivity index (χ3v) is 9.96. The van der Waals surface area contributed by atoms with Crippen molar-refractivity contribution in [3.8, 4) is 0 Å². The molecule has 0 radical (unpaired) electrons. The van der Waals surface area contributed by atoms with Crippen LogP contribution < -0.4 is 10.6 Å². The first-order chi connectivity index (χ1) is 13.8. The fraction of sp³-hybridized carbons (Fsp3) is 1.00. The van der Waals surface area contributed by atoms with Gasteiger partial charge in [-0.2, -0.15) is 0 Å². The number of rotatable bonds is 8. The average molecular weight is 444 g/mol. The van der Waals surface area contributed by atoms with E-state index in [1.807, 2.05) is 0 Å². The second-order valence-electron chi connectivity index (χ2n) is 11.1. The summed E-state index contributed by atoms with van der Waals surface area (Å²) in [4.78, 5) is 0. The van der Waals surface area contributed by atoms with Crippen molar-refractivity contribution in [2.45, 2.75) is 142 Å². The van der Waals surface area contributed by atoms with Crippen LogP contribution >= 0.6 is 8.25 Å². The van der Waals surface area contributed by atoms with E-state index in [-0.39, 0.29) is 46.2 Å². The number of piperidine rings is 2. The van der Waals surface area contributed by atoms with E-state index in [0.717, 1.165) is 38.5 Å². The Balaban J connectivity index is 2.15.